The maximum atomic E-state index is 11.4. The van der Waals surface area contributed by atoms with Gasteiger partial charge in [0.2, 0.25) is 0 Å². The number of hydrogen-bond acceptors (Lipinski definition) is 4. The van der Waals surface area contributed by atoms with Crippen LogP contribution < -0.4 is 4.90 Å². The third-order valence-electron chi connectivity index (χ3n) is 4.01. The fourth-order valence-corrected chi connectivity index (χ4v) is 3.17. The number of benzene rings is 1. The number of carboxylic acid groups (broad SMARTS) is 1. The number of ether oxygens (including phenoxy) is 2. The quantitative estimate of drug-likeness (QED) is 0.870. The Hall–Kier alpha value is -1.30. The summed E-state index contributed by atoms with van der Waals surface area (Å²) in [5.41, 5.74) is 1.77. The summed E-state index contributed by atoms with van der Waals surface area (Å²) < 4.78 is 11.3. The molecule has 1 N–H and O–H groups in total. The van der Waals surface area contributed by atoms with E-state index in [1.165, 1.54) is 6.07 Å². The summed E-state index contributed by atoms with van der Waals surface area (Å²) in [4.78, 5) is 13.5. The molecule has 0 spiro atoms. The molecule has 2 rings (SSSR count). The van der Waals surface area contributed by atoms with Crippen LogP contribution in [0.2, 0.25) is 5.02 Å². The van der Waals surface area contributed by atoms with Crippen molar-refractivity contribution in [2.75, 3.05) is 31.3 Å². The van der Waals surface area contributed by atoms with Gasteiger partial charge in [0, 0.05) is 23.9 Å². The Kier molecular flexibility index (Phi) is 5.67. The number of carboxylic acids is 1. The Labute approximate surface area is 135 Å². The molecule has 1 fully saturated rings. The standard InChI is InChI=1S/C16H22ClNO4/c1-4-18(14-8-21-9-15(14)22-5-2)13-7-11(17)6-12(10(13)3)16(19)20/h6-7,14-15H,4-5,8-9H2,1-3H3,(H,19,20)/t14-,15-/m1/s1. The van der Waals surface area contributed by atoms with Crippen LogP contribution in [0.25, 0.3) is 0 Å². The molecule has 1 aliphatic rings. The van der Waals surface area contributed by atoms with Gasteiger partial charge in [0.25, 0.3) is 0 Å². The van der Waals surface area contributed by atoms with E-state index in [2.05, 4.69) is 4.90 Å². The third-order valence-corrected chi connectivity index (χ3v) is 4.22. The van der Waals surface area contributed by atoms with Crippen LogP contribution in [0.1, 0.15) is 29.8 Å². The van der Waals surface area contributed by atoms with Gasteiger partial charge in [-0.25, -0.2) is 4.79 Å². The summed E-state index contributed by atoms with van der Waals surface area (Å²) in [5, 5.41) is 9.76. The second kappa shape index (κ2) is 7.31. The second-order valence-electron chi connectivity index (χ2n) is 5.29. The molecule has 1 aromatic carbocycles. The van der Waals surface area contributed by atoms with Gasteiger partial charge in [0.15, 0.2) is 0 Å². The SMILES string of the molecule is CCO[C@@H]1COC[C@H]1N(CC)c1cc(Cl)cc(C(=O)O)c1C. The van der Waals surface area contributed by atoms with E-state index >= 15 is 0 Å². The van der Waals surface area contributed by atoms with E-state index < -0.39 is 5.97 Å². The van der Waals surface area contributed by atoms with E-state index in [-0.39, 0.29) is 17.7 Å². The number of carbonyl (C=O) groups is 1. The van der Waals surface area contributed by atoms with Crippen molar-refractivity contribution in [1.29, 1.82) is 0 Å². The molecular weight excluding hydrogens is 306 g/mol. The first-order chi connectivity index (χ1) is 10.5. The largest absolute Gasteiger partial charge is 0.478 e. The lowest BCUT2D eigenvalue weighted by Gasteiger charge is -2.34. The summed E-state index contributed by atoms with van der Waals surface area (Å²) in [5.74, 6) is -0.971. The minimum atomic E-state index is -0.971. The van der Waals surface area contributed by atoms with Gasteiger partial charge in [0.1, 0.15) is 6.10 Å². The lowest BCUT2D eigenvalue weighted by molar-refractivity contribution is 0.0449. The number of hydrogen-bond donors (Lipinski definition) is 1. The molecule has 0 aromatic heterocycles. The van der Waals surface area contributed by atoms with E-state index in [9.17, 15) is 9.90 Å². The first-order valence-corrected chi connectivity index (χ1v) is 7.86. The lowest BCUT2D eigenvalue weighted by Crippen LogP contribution is -2.44. The summed E-state index contributed by atoms with van der Waals surface area (Å²) >= 11 is 6.12. The zero-order valence-electron chi connectivity index (χ0n) is 13.1. The average Bonchev–Trinajstić information content (AvgIpc) is 2.91. The molecule has 122 valence electrons. The predicted molar refractivity (Wildman–Crippen MR) is 86.2 cm³/mol. The molecule has 22 heavy (non-hydrogen) atoms. The van der Waals surface area contributed by atoms with Gasteiger partial charge in [-0.05, 0) is 38.5 Å². The Morgan fingerprint density at radius 3 is 2.77 bits per heavy atom. The number of rotatable bonds is 6. The highest BCUT2D eigenvalue weighted by Gasteiger charge is 2.34. The van der Waals surface area contributed by atoms with Crippen molar-refractivity contribution >= 4 is 23.3 Å². The molecule has 0 bridgehead atoms. The monoisotopic (exact) mass is 327 g/mol. The van der Waals surface area contributed by atoms with Crippen LogP contribution in [0.15, 0.2) is 12.1 Å². The molecule has 1 aromatic rings. The molecule has 0 aliphatic carbocycles. The van der Waals surface area contributed by atoms with Crippen molar-refractivity contribution in [1.82, 2.24) is 0 Å². The fourth-order valence-electron chi connectivity index (χ4n) is 2.96. The molecule has 0 unspecified atom stereocenters. The number of halogens is 1. The van der Waals surface area contributed by atoms with Gasteiger partial charge >= 0.3 is 5.97 Å². The topological polar surface area (TPSA) is 59.0 Å². The Bertz CT molecular complexity index is 549. The smallest absolute Gasteiger partial charge is 0.336 e. The zero-order valence-corrected chi connectivity index (χ0v) is 13.9. The summed E-state index contributed by atoms with van der Waals surface area (Å²) in [6.07, 6.45) is -0.0170. The van der Waals surface area contributed by atoms with Gasteiger partial charge in [0.05, 0.1) is 24.8 Å². The van der Waals surface area contributed by atoms with Crippen molar-refractivity contribution < 1.29 is 19.4 Å². The van der Waals surface area contributed by atoms with E-state index in [1.807, 2.05) is 26.8 Å². The molecular formula is C16H22ClNO4. The van der Waals surface area contributed by atoms with Crippen LogP contribution in [0.4, 0.5) is 5.69 Å². The summed E-state index contributed by atoms with van der Waals surface area (Å²) in [7, 11) is 0. The first-order valence-electron chi connectivity index (χ1n) is 7.49. The van der Waals surface area contributed by atoms with Gasteiger partial charge < -0.3 is 19.5 Å². The number of likely N-dealkylation sites (N-methyl/N-ethyl adjacent to an activating group) is 1. The first kappa shape index (κ1) is 17.1. The summed E-state index contributed by atoms with van der Waals surface area (Å²) in [6.45, 7) is 8.26. The van der Waals surface area contributed by atoms with Crippen molar-refractivity contribution in [3.05, 3.63) is 28.3 Å². The maximum absolute atomic E-state index is 11.4. The van der Waals surface area contributed by atoms with Crippen molar-refractivity contribution in [2.45, 2.75) is 32.9 Å². The van der Waals surface area contributed by atoms with Gasteiger partial charge in [-0.2, -0.15) is 0 Å². The highest BCUT2D eigenvalue weighted by atomic mass is 35.5. The normalized spacial score (nSPS) is 21.1. The van der Waals surface area contributed by atoms with E-state index in [0.717, 1.165) is 12.2 Å². The van der Waals surface area contributed by atoms with Crippen molar-refractivity contribution in [2.24, 2.45) is 0 Å². The van der Waals surface area contributed by atoms with E-state index in [1.54, 1.807) is 0 Å². The molecule has 1 saturated heterocycles. The Morgan fingerprint density at radius 2 is 2.18 bits per heavy atom. The van der Waals surface area contributed by atoms with Crippen LogP contribution >= 0.6 is 11.6 Å². The van der Waals surface area contributed by atoms with Crippen LogP contribution in [-0.2, 0) is 9.47 Å². The molecule has 2 atom stereocenters. The van der Waals surface area contributed by atoms with Crippen LogP contribution in [0.3, 0.4) is 0 Å². The van der Waals surface area contributed by atoms with Crippen LogP contribution in [-0.4, -0.2) is 49.6 Å². The van der Waals surface area contributed by atoms with E-state index in [4.69, 9.17) is 21.1 Å². The molecule has 0 saturated carbocycles. The van der Waals surface area contributed by atoms with Crippen LogP contribution in [0, 0.1) is 6.92 Å². The highest BCUT2D eigenvalue weighted by Crippen LogP contribution is 2.31. The van der Waals surface area contributed by atoms with Gasteiger partial charge in [-0.1, -0.05) is 11.6 Å². The maximum Gasteiger partial charge on any atom is 0.336 e. The van der Waals surface area contributed by atoms with Crippen molar-refractivity contribution in [3.8, 4) is 0 Å². The lowest BCUT2D eigenvalue weighted by atomic mass is 10.0. The minimum absolute atomic E-state index is 0.0170. The highest BCUT2D eigenvalue weighted by molar-refractivity contribution is 6.31. The van der Waals surface area contributed by atoms with Crippen LogP contribution in [0.5, 0.6) is 0 Å². The second-order valence-corrected chi connectivity index (χ2v) is 5.72. The average molecular weight is 328 g/mol. The van der Waals surface area contributed by atoms with Gasteiger partial charge in [-0.15, -0.1) is 0 Å². The van der Waals surface area contributed by atoms with Crippen molar-refractivity contribution in [3.63, 3.8) is 0 Å². The number of nitrogens with zero attached hydrogens (tertiary/aromatic N) is 1. The third kappa shape index (κ3) is 3.37. The molecule has 1 heterocycles. The predicted octanol–water partition coefficient (Wildman–Crippen LogP) is 2.98. The summed E-state index contributed by atoms with van der Waals surface area (Å²) in [6, 6.07) is 3.36. The molecule has 6 heteroatoms. The van der Waals surface area contributed by atoms with Gasteiger partial charge in [-0.3, -0.25) is 0 Å². The molecule has 0 amide bonds. The fraction of sp³-hybridized carbons (Fsp3) is 0.562. The molecule has 0 radical (unpaired) electrons. The Balaban J connectivity index is 2.41. The Morgan fingerprint density at radius 1 is 1.45 bits per heavy atom. The van der Waals surface area contributed by atoms with E-state index in [0.29, 0.717) is 30.4 Å². The number of aromatic carboxylic acids is 1. The zero-order chi connectivity index (χ0) is 16.3. The minimum Gasteiger partial charge on any atom is -0.478 e. The molecule has 1 aliphatic heterocycles. The number of anilines is 1. The molecule has 5 nitrogen and oxygen atoms in total.